The number of phosphoric ester groups is 2. The third kappa shape index (κ3) is 80.2. The fraction of sp³-hybridized carbons (Fsp3) is 0.626. The molecule has 0 radical (unpaired) electrons. The number of rotatable bonds is 77. The lowest BCUT2D eigenvalue weighted by molar-refractivity contribution is -0.161. The molecule has 0 saturated carbocycles. The van der Waals surface area contributed by atoms with Gasteiger partial charge in [-0.2, -0.15) is 0 Å². The molecule has 0 aromatic carbocycles. The highest BCUT2D eigenvalue weighted by Crippen LogP contribution is 2.45. The van der Waals surface area contributed by atoms with Gasteiger partial charge in [-0.05, 0) is 180 Å². The molecule has 5 unspecified atom stereocenters. The van der Waals surface area contributed by atoms with Crippen LogP contribution in [0.5, 0.6) is 0 Å². The molecule has 5 atom stereocenters. The van der Waals surface area contributed by atoms with Gasteiger partial charge in [-0.15, -0.1) is 0 Å². The lowest BCUT2D eigenvalue weighted by atomic mass is 10.1. The van der Waals surface area contributed by atoms with Crippen molar-refractivity contribution in [3.63, 3.8) is 0 Å². The van der Waals surface area contributed by atoms with Gasteiger partial charge in [0.1, 0.15) is 19.3 Å². The van der Waals surface area contributed by atoms with Crippen LogP contribution in [0, 0.1) is 0 Å². The minimum absolute atomic E-state index is 0.00566. The Hall–Kier alpha value is -5.84. The highest BCUT2D eigenvalue weighted by molar-refractivity contribution is 7.47. The summed E-state index contributed by atoms with van der Waals surface area (Å²) < 4.78 is 68.6. The first-order valence-corrected chi connectivity index (χ1v) is 45.0. The summed E-state index contributed by atoms with van der Waals surface area (Å²) >= 11 is 0. The van der Waals surface area contributed by atoms with Gasteiger partial charge in [0.15, 0.2) is 12.2 Å². The first-order valence-electron chi connectivity index (χ1n) is 42.0. The minimum atomic E-state index is -5.01. The number of phosphoric acid groups is 2. The van der Waals surface area contributed by atoms with Crippen molar-refractivity contribution in [2.45, 2.75) is 329 Å². The van der Waals surface area contributed by atoms with Crippen LogP contribution in [0.3, 0.4) is 0 Å². The molecular formula is C91H148O17P2. The maximum absolute atomic E-state index is 13.1. The van der Waals surface area contributed by atoms with Crippen molar-refractivity contribution < 1.29 is 80.2 Å². The fourth-order valence-electron chi connectivity index (χ4n) is 10.5. The smallest absolute Gasteiger partial charge is 0.462 e. The van der Waals surface area contributed by atoms with E-state index in [1.165, 1.54) is 38.5 Å². The number of hydrogen-bond donors (Lipinski definition) is 3. The van der Waals surface area contributed by atoms with Gasteiger partial charge < -0.3 is 33.8 Å². The number of esters is 4. The van der Waals surface area contributed by atoms with E-state index in [0.717, 1.165) is 180 Å². The number of allylic oxidation sites excluding steroid dienone is 30. The monoisotopic (exact) mass is 1580 g/mol. The largest absolute Gasteiger partial charge is 0.472 e. The molecule has 0 spiro atoms. The molecule has 624 valence electrons. The van der Waals surface area contributed by atoms with Crippen molar-refractivity contribution in [1.29, 1.82) is 0 Å². The molecule has 3 N–H and O–H groups in total. The highest BCUT2D eigenvalue weighted by atomic mass is 31.2. The van der Waals surface area contributed by atoms with Crippen molar-refractivity contribution in [2.24, 2.45) is 0 Å². The third-order valence-corrected chi connectivity index (χ3v) is 18.7. The van der Waals surface area contributed by atoms with E-state index in [9.17, 15) is 43.2 Å². The number of aliphatic hydroxyl groups is 1. The second-order valence-corrected chi connectivity index (χ2v) is 30.2. The summed E-state index contributed by atoms with van der Waals surface area (Å²) in [6.07, 6.45) is 98.7. The third-order valence-electron chi connectivity index (χ3n) is 16.8. The quantitative estimate of drug-likeness (QED) is 0.0169. The van der Waals surface area contributed by atoms with E-state index >= 15 is 0 Å². The molecule has 0 rings (SSSR count). The van der Waals surface area contributed by atoms with Gasteiger partial charge >= 0.3 is 39.5 Å². The van der Waals surface area contributed by atoms with Gasteiger partial charge in [0, 0.05) is 25.7 Å². The number of carbonyl (C=O) groups is 4. The van der Waals surface area contributed by atoms with E-state index in [1.807, 2.05) is 12.2 Å². The topological polar surface area (TPSA) is 237 Å². The van der Waals surface area contributed by atoms with Crippen LogP contribution in [0.15, 0.2) is 182 Å². The predicted octanol–water partition coefficient (Wildman–Crippen LogP) is 25.1. The highest BCUT2D eigenvalue weighted by Gasteiger charge is 2.30. The SMILES string of the molecule is CC/C=C\C/C=C\C/C=C\C/C=C\C/C=C\CCCC(=O)OC(COC(=O)CCCCCCCC/C=C\C/C=C\C/C=C\CCCCC)COP(=O)(O)OCC(O)COP(=O)(O)OCC(COC(=O)CCCCCCCC/C=C\C/C=C\C/C=C\CCCCC)OC(=O)CCCC/C=C\C/C=C\C/C=C\C/C=C\CC. The summed E-state index contributed by atoms with van der Waals surface area (Å²) in [4.78, 5) is 73.2. The van der Waals surface area contributed by atoms with Crippen LogP contribution in [0.25, 0.3) is 0 Å². The molecule has 0 fully saturated rings. The van der Waals surface area contributed by atoms with Crippen LogP contribution in [-0.2, 0) is 65.4 Å². The lowest BCUT2D eigenvalue weighted by Gasteiger charge is -2.21. The molecule has 0 saturated heterocycles. The van der Waals surface area contributed by atoms with Crippen LogP contribution in [-0.4, -0.2) is 96.7 Å². The van der Waals surface area contributed by atoms with Crippen molar-refractivity contribution >= 4 is 39.5 Å². The Labute approximate surface area is 666 Å². The summed E-state index contributed by atoms with van der Waals surface area (Å²) in [7, 11) is -10.0. The van der Waals surface area contributed by atoms with E-state index < -0.39 is 97.5 Å². The van der Waals surface area contributed by atoms with Crippen molar-refractivity contribution in [1.82, 2.24) is 0 Å². The van der Waals surface area contributed by atoms with Gasteiger partial charge in [0.05, 0.1) is 26.4 Å². The molecule has 17 nitrogen and oxygen atoms in total. The standard InChI is InChI=1S/C91H148O17P2/c1-5-9-13-17-21-25-29-33-37-40-42-45-48-51-55-59-63-67-71-75-88(93)101-81-86(107-90(95)77-73-69-65-61-57-53-47-36-32-28-24-20-16-12-8-4)83-105-109(97,98)103-79-85(92)80-104-110(99,100)106-84-87(108-91(96)78-74-70-66-62-58-54-50-44-39-35-31-27-23-19-15-11-7-3)82-102-89(94)76-72-68-64-60-56-52-49-46-43-41-38-34-30-26-22-18-14-10-6-2/h11-12,15-16,21-28,33-39,42-43,45-47,50,54,57,61-62,66,85-87,92H,5-10,13-14,17-20,29-32,40-41,44,48-49,51-53,55-56,58-60,63-65,67-84H2,1-4H3,(H,97,98)(H,99,100)/b15-11-,16-12-,25-21-,26-22-,27-23-,28-24-,37-33-,38-34-,39-35-,45-42-,46-43-,47-36-,54-50-,61-57-,66-62-. The molecular weight excluding hydrogens is 1430 g/mol. The van der Waals surface area contributed by atoms with Crippen molar-refractivity contribution in [2.75, 3.05) is 39.6 Å². The number of unbranched alkanes of at least 4 members (excludes halogenated alkanes) is 21. The molecule has 0 aliphatic heterocycles. The van der Waals surface area contributed by atoms with Crippen molar-refractivity contribution in [3.05, 3.63) is 182 Å². The fourth-order valence-corrected chi connectivity index (χ4v) is 12.1. The van der Waals surface area contributed by atoms with Gasteiger partial charge in [0.2, 0.25) is 0 Å². The second-order valence-electron chi connectivity index (χ2n) is 27.3. The van der Waals surface area contributed by atoms with E-state index in [2.05, 4.69) is 198 Å². The number of ether oxygens (including phenoxy) is 4. The Balaban J connectivity index is 5.49. The number of hydrogen-bond acceptors (Lipinski definition) is 15. The summed E-state index contributed by atoms with van der Waals surface area (Å²) in [5, 5.41) is 10.7. The second kappa shape index (κ2) is 81.2. The molecule has 0 aromatic heterocycles. The average Bonchev–Trinajstić information content (AvgIpc) is 0.906. The first kappa shape index (κ1) is 104. The molecule has 0 bridgehead atoms. The normalized spacial score (nSPS) is 14.7. The zero-order chi connectivity index (χ0) is 80.3. The average molecular weight is 1580 g/mol. The maximum Gasteiger partial charge on any atom is 0.472 e. The summed E-state index contributed by atoms with van der Waals surface area (Å²) in [5.74, 6) is -2.33. The lowest BCUT2D eigenvalue weighted by Crippen LogP contribution is -2.30. The van der Waals surface area contributed by atoms with Gasteiger partial charge in [-0.1, -0.05) is 287 Å². The molecule has 110 heavy (non-hydrogen) atoms. The van der Waals surface area contributed by atoms with E-state index in [0.29, 0.717) is 38.5 Å². The molecule has 0 aliphatic rings. The van der Waals surface area contributed by atoms with Gasteiger partial charge in [-0.3, -0.25) is 37.3 Å². The Morgan fingerprint density at radius 1 is 0.264 bits per heavy atom. The Morgan fingerprint density at radius 3 is 0.782 bits per heavy atom. The summed E-state index contributed by atoms with van der Waals surface area (Å²) in [6.45, 7) is 4.45. The van der Waals surface area contributed by atoms with Gasteiger partial charge in [-0.25, -0.2) is 9.13 Å². The zero-order valence-corrected chi connectivity index (χ0v) is 70.1. The summed E-state index contributed by atoms with van der Waals surface area (Å²) in [6, 6.07) is 0. The van der Waals surface area contributed by atoms with Crippen molar-refractivity contribution in [3.8, 4) is 0 Å². The number of aliphatic hydroxyl groups excluding tert-OH is 1. The Morgan fingerprint density at radius 2 is 0.482 bits per heavy atom. The first-order chi connectivity index (χ1) is 53.7. The van der Waals surface area contributed by atoms with Crippen LogP contribution in [0.1, 0.15) is 310 Å². The predicted molar refractivity (Wildman–Crippen MR) is 454 cm³/mol. The van der Waals surface area contributed by atoms with E-state index in [1.54, 1.807) is 0 Å². The minimum Gasteiger partial charge on any atom is -0.462 e. The van der Waals surface area contributed by atoms with Crippen LogP contribution < -0.4 is 0 Å². The number of carbonyl (C=O) groups excluding carboxylic acids is 4. The van der Waals surface area contributed by atoms with Gasteiger partial charge in [0.25, 0.3) is 0 Å². The molecule has 19 heteroatoms. The summed E-state index contributed by atoms with van der Waals surface area (Å²) in [5.41, 5.74) is 0. The maximum atomic E-state index is 13.1. The van der Waals surface area contributed by atoms with E-state index in [-0.39, 0.29) is 25.7 Å². The Kier molecular flexibility index (Phi) is 76.9. The van der Waals surface area contributed by atoms with Crippen LogP contribution in [0.2, 0.25) is 0 Å². The molecule has 0 aliphatic carbocycles. The molecule has 0 heterocycles. The molecule has 0 aromatic rings. The van der Waals surface area contributed by atoms with Crippen LogP contribution in [0.4, 0.5) is 0 Å². The zero-order valence-electron chi connectivity index (χ0n) is 68.4. The Bertz CT molecular complexity index is 2800. The molecule has 0 amide bonds. The van der Waals surface area contributed by atoms with Crippen LogP contribution >= 0.6 is 15.6 Å². The van der Waals surface area contributed by atoms with E-state index in [4.69, 9.17) is 37.0 Å².